The molecule has 0 spiro atoms. The molecule has 0 fully saturated rings. The number of imidazole rings is 1. The highest BCUT2D eigenvalue weighted by molar-refractivity contribution is 7.08. The van der Waals surface area contributed by atoms with Crippen LogP contribution in [0.5, 0.6) is 0 Å². The number of thiophene rings is 1. The fourth-order valence-electron chi connectivity index (χ4n) is 2.76. The van der Waals surface area contributed by atoms with Crippen LogP contribution in [0.15, 0.2) is 53.6 Å². The van der Waals surface area contributed by atoms with Gasteiger partial charge in [0, 0.05) is 29.0 Å². The van der Waals surface area contributed by atoms with Crippen LogP contribution < -0.4 is 5.32 Å². The van der Waals surface area contributed by atoms with Gasteiger partial charge in [0.05, 0.1) is 6.20 Å². The van der Waals surface area contributed by atoms with Gasteiger partial charge >= 0.3 is 0 Å². The molecular formula is C18H16N4S. The third-order valence-electron chi connectivity index (χ3n) is 3.95. The van der Waals surface area contributed by atoms with Crippen LogP contribution >= 0.6 is 11.3 Å². The number of aromatic nitrogens is 3. The lowest BCUT2D eigenvalue weighted by Gasteiger charge is -2.13. The normalized spacial score (nSPS) is 11.0. The Morgan fingerprint density at radius 2 is 1.96 bits per heavy atom. The lowest BCUT2D eigenvalue weighted by atomic mass is 10.1. The zero-order chi connectivity index (χ0) is 15.8. The number of aryl methyl sites for hydroxylation is 2. The van der Waals surface area contributed by atoms with E-state index in [2.05, 4.69) is 59.2 Å². The van der Waals surface area contributed by atoms with E-state index in [1.165, 1.54) is 11.1 Å². The van der Waals surface area contributed by atoms with Gasteiger partial charge in [-0.15, -0.1) is 0 Å². The molecule has 0 aliphatic carbocycles. The number of benzene rings is 1. The van der Waals surface area contributed by atoms with Crippen LogP contribution in [-0.2, 0) is 0 Å². The van der Waals surface area contributed by atoms with Gasteiger partial charge in [0.15, 0.2) is 5.65 Å². The Balaban J connectivity index is 1.93. The minimum Gasteiger partial charge on any atom is -0.339 e. The van der Waals surface area contributed by atoms with Crippen LogP contribution in [0.2, 0.25) is 0 Å². The summed E-state index contributed by atoms with van der Waals surface area (Å²) in [6.07, 6.45) is 5.50. The van der Waals surface area contributed by atoms with Crippen molar-refractivity contribution in [2.75, 3.05) is 5.32 Å². The standard InChI is InChI=1S/C18H16N4S/c1-12-4-3-5-13(2)16(12)21-18-17(14-6-9-23-11-14)20-15-10-19-7-8-22(15)18/h3-11,21H,1-2H3. The molecule has 0 amide bonds. The van der Waals surface area contributed by atoms with E-state index in [1.54, 1.807) is 23.7 Å². The maximum Gasteiger partial charge on any atom is 0.157 e. The molecule has 1 N–H and O–H groups in total. The van der Waals surface area contributed by atoms with E-state index in [0.717, 1.165) is 28.4 Å². The number of para-hydroxylation sites is 1. The van der Waals surface area contributed by atoms with Gasteiger partial charge in [0.1, 0.15) is 11.5 Å². The fourth-order valence-corrected chi connectivity index (χ4v) is 3.40. The van der Waals surface area contributed by atoms with Crippen LogP contribution in [0.1, 0.15) is 11.1 Å². The van der Waals surface area contributed by atoms with Gasteiger partial charge in [-0.3, -0.25) is 9.38 Å². The predicted octanol–water partition coefficient (Wildman–Crippen LogP) is 4.82. The molecule has 4 nitrogen and oxygen atoms in total. The minimum absolute atomic E-state index is 0.836. The number of anilines is 2. The maximum atomic E-state index is 4.76. The molecule has 0 saturated heterocycles. The van der Waals surface area contributed by atoms with Gasteiger partial charge in [-0.05, 0) is 36.4 Å². The van der Waals surface area contributed by atoms with Crippen molar-refractivity contribution in [3.63, 3.8) is 0 Å². The number of rotatable bonds is 3. The van der Waals surface area contributed by atoms with Crippen molar-refractivity contribution in [3.8, 4) is 11.3 Å². The second-order valence-electron chi connectivity index (χ2n) is 5.52. The van der Waals surface area contributed by atoms with E-state index in [9.17, 15) is 0 Å². The lowest BCUT2D eigenvalue weighted by molar-refractivity contribution is 1.12. The summed E-state index contributed by atoms with van der Waals surface area (Å²) >= 11 is 1.67. The second-order valence-corrected chi connectivity index (χ2v) is 6.30. The molecule has 1 aromatic carbocycles. The summed E-state index contributed by atoms with van der Waals surface area (Å²) in [6, 6.07) is 8.40. The first-order valence-electron chi connectivity index (χ1n) is 7.42. The van der Waals surface area contributed by atoms with E-state index >= 15 is 0 Å². The molecule has 0 aliphatic rings. The number of hydrogen-bond acceptors (Lipinski definition) is 4. The van der Waals surface area contributed by atoms with Crippen molar-refractivity contribution in [3.05, 3.63) is 64.7 Å². The first kappa shape index (κ1) is 14.0. The van der Waals surface area contributed by atoms with Gasteiger partial charge in [0.25, 0.3) is 0 Å². The van der Waals surface area contributed by atoms with Gasteiger partial charge in [0.2, 0.25) is 0 Å². The fraction of sp³-hybridized carbons (Fsp3) is 0.111. The molecule has 5 heteroatoms. The molecule has 3 heterocycles. The lowest BCUT2D eigenvalue weighted by Crippen LogP contribution is -2.00. The maximum absolute atomic E-state index is 4.76. The topological polar surface area (TPSA) is 42.2 Å². The first-order chi connectivity index (χ1) is 11.2. The Kier molecular flexibility index (Phi) is 3.35. The Morgan fingerprint density at radius 1 is 1.13 bits per heavy atom. The molecule has 0 saturated carbocycles. The number of nitrogens with one attached hydrogen (secondary N) is 1. The molecule has 23 heavy (non-hydrogen) atoms. The molecule has 0 radical (unpaired) electrons. The molecular weight excluding hydrogens is 304 g/mol. The summed E-state index contributed by atoms with van der Waals surface area (Å²) in [5.41, 5.74) is 6.45. The number of fused-ring (bicyclic) bond motifs is 1. The average Bonchev–Trinajstić information content (AvgIpc) is 3.19. The Labute approximate surface area is 138 Å². The molecule has 0 aliphatic heterocycles. The summed E-state index contributed by atoms with van der Waals surface area (Å²) in [4.78, 5) is 8.94. The zero-order valence-corrected chi connectivity index (χ0v) is 13.8. The van der Waals surface area contributed by atoms with Crippen molar-refractivity contribution < 1.29 is 0 Å². The average molecular weight is 320 g/mol. The quantitative estimate of drug-likeness (QED) is 0.588. The van der Waals surface area contributed by atoms with E-state index in [1.807, 2.05) is 10.6 Å². The molecule has 0 bridgehead atoms. The first-order valence-corrected chi connectivity index (χ1v) is 8.36. The van der Waals surface area contributed by atoms with Gasteiger partial charge < -0.3 is 5.32 Å². The van der Waals surface area contributed by atoms with Gasteiger partial charge in [-0.25, -0.2) is 4.98 Å². The number of hydrogen-bond donors (Lipinski definition) is 1. The summed E-state index contributed by atoms with van der Waals surface area (Å²) < 4.78 is 2.05. The van der Waals surface area contributed by atoms with Crippen LogP contribution in [0.25, 0.3) is 16.9 Å². The predicted molar refractivity (Wildman–Crippen MR) is 95.5 cm³/mol. The minimum atomic E-state index is 0.836. The van der Waals surface area contributed by atoms with Crippen molar-refractivity contribution in [1.29, 1.82) is 0 Å². The third-order valence-corrected chi connectivity index (χ3v) is 4.63. The highest BCUT2D eigenvalue weighted by Crippen LogP contribution is 2.33. The summed E-state index contributed by atoms with van der Waals surface area (Å²) in [6.45, 7) is 4.23. The van der Waals surface area contributed by atoms with Crippen LogP contribution in [-0.4, -0.2) is 14.4 Å². The van der Waals surface area contributed by atoms with Crippen molar-refractivity contribution in [2.45, 2.75) is 13.8 Å². The Morgan fingerprint density at radius 3 is 2.70 bits per heavy atom. The highest BCUT2D eigenvalue weighted by Gasteiger charge is 2.16. The van der Waals surface area contributed by atoms with E-state index in [0.29, 0.717) is 0 Å². The van der Waals surface area contributed by atoms with Gasteiger partial charge in [-0.2, -0.15) is 11.3 Å². The zero-order valence-electron chi connectivity index (χ0n) is 12.9. The molecule has 0 unspecified atom stereocenters. The van der Waals surface area contributed by atoms with Crippen LogP contribution in [0, 0.1) is 13.8 Å². The number of nitrogens with zero attached hydrogens (tertiary/aromatic N) is 3. The summed E-state index contributed by atoms with van der Waals surface area (Å²) in [7, 11) is 0. The van der Waals surface area contributed by atoms with E-state index in [4.69, 9.17) is 4.98 Å². The highest BCUT2D eigenvalue weighted by atomic mass is 32.1. The molecule has 0 atom stereocenters. The molecule has 4 rings (SSSR count). The molecule has 3 aromatic heterocycles. The van der Waals surface area contributed by atoms with Crippen LogP contribution in [0.3, 0.4) is 0 Å². The van der Waals surface area contributed by atoms with E-state index in [-0.39, 0.29) is 0 Å². The Bertz CT molecular complexity index is 950. The van der Waals surface area contributed by atoms with Crippen molar-refractivity contribution >= 4 is 28.5 Å². The monoisotopic (exact) mass is 320 g/mol. The van der Waals surface area contributed by atoms with Crippen molar-refractivity contribution in [1.82, 2.24) is 14.4 Å². The van der Waals surface area contributed by atoms with E-state index < -0.39 is 0 Å². The van der Waals surface area contributed by atoms with Crippen molar-refractivity contribution in [2.24, 2.45) is 0 Å². The summed E-state index contributed by atoms with van der Waals surface area (Å²) in [5, 5.41) is 7.78. The van der Waals surface area contributed by atoms with Gasteiger partial charge in [-0.1, -0.05) is 18.2 Å². The largest absolute Gasteiger partial charge is 0.339 e. The SMILES string of the molecule is Cc1cccc(C)c1Nc1c(-c2ccsc2)nc2cnccn12. The summed E-state index contributed by atoms with van der Waals surface area (Å²) in [5.74, 6) is 0.971. The second kappa shape index (κ2) is 5.52. The smallest absolute Gasteiger partial charge is 0.157 e. The van der Waals surface area contributed by atoms with Crippen LogP contribution in [0.4, 0.5) is 11.5 Å². The molecule has 4 aromatic rings. The Hall–Kier alpha value is -2.66. The molecule has 114 valence electrons. The third kappa shape index (κ3) is 2.39.